The number of rotatable bonds is 2. The summed E-state index contributed by atoms with van der Waals surface area (Å²) in [5, 5.41) is 9.60. The van der Waals surface area contributed by atoms with Gasteiger partial charge in [0.1, 0.15) is 11.2 Å². The van der Waals surface area contributed by atoms with Crippen molar-refractivity contribution in [3.8, 4) is 0 Å². The topological polar surface area (TPSA) is 78.1 Å². The number of fused-ring (bicyclic) bond motifs is 4. The SMILES string of the molecule is CC(C)CN1C(=O)[C@@]2(CC(=O)Nc3[nH]ncc32)c2ccccc21. The molecule has 0 aliphatic carbocycles. The maximum atomic E-state index is 13.4. The molecule has 118 valence electrons. The minimum absolute atomic E-state index is 0.0371. The van der Waals surface area contributed by atoms with Gasteiger partial charge >= 0.3 is 0 Å². The predicted octanol–water partition coefficient (Wildman–Crippen LogP) is 2.04. The number of para-hydroxylation sites is 1. The number of amides is 2. The first kappa shape index (κ1) is 14.0. The third-order valence-electron chi connectivity index (χ3n) is 4.60. The first-order valence-electron chi connectivity index (χ1n) is 7.79. The Bertz CT molecular complexity index is 810. The summed E-state index contributed by atoms with van der Waals surface area (Å²) in [5.41, 5.74) is 1.58. The zero-order chi connectivity index (χ0) is 16.2. The molecule has 3 heterocycles. The second-order valence-corrected chi connectivity index (χ2v) is 6.62. The number of hydrogen-bond donors (Lipinski definition) is 2. The molecule has 2 amide bonds. The van der Waals surface area contributed by atoms with E-state index >= 15 is 0 Å². The second-order valence-electron chi connectivity index (χ2n) is 6.62. The molecule has 0 radical (unpaired) electrons. The van der Waals surface area contributed by atoms with Gasteiger partial charge in [-0.3, -0.25) is 14.7 Å². The maximum absolute atomic E-state index is 13.4. The fourth-order valence-corrected chi connectivity index (χ4v) is 3.73. The van der Waals surface area contributed by atoms with Crippen LogP contribution in [0, 0.1) is 5.92 Å². The van der Waals surface area contributed by atoms with Crippen molar-refractivity contribution in [3.05, 3.63) is 41.6 Å². The summed E-state index contributed by atoms with van der Waals surface area (Å²) in [4.78, 5) is 27.4. The van der Waals surface area contributed by atoms with Crippen molar-refractivity contribution in [1.82, 2.24) is 10.2 Å². The van der Waals surface area contributed by atoms with E-state index in [1.54, 1.807) is 6.20 Å². The third-order valence-corrected chi connectivity index (χ3v) is 4.60. The van der Waals surface area contributed by atoms with Crippen LogP contribution in [0.5, 0.6) is 0 Å². The smallest absolute Gasteiger partial charge is 0.242 e. The van der Waals surface area contributed by atoms with Crippen LogP contribution in [-0.2, 0) is 15.0 Å². The summed E-state index contributed by atoms with van der Waals surface area (Å²) < 4.78 is 0. The minimum atomic E-state index is -0.962. The molecule has 0 saturated heterocycles. The van der Waals surface area contributed by atoms with Crippen molar-refractivity contribution in [3.63, 3.8) is 0 Å². The van der Waals surface area contributed by atoms with Gasteiger partial charge in [-0.1, -0.05) is 32.0 Å². The van der Waals surface area contributed by atoms with Crippen molar-refractivity contribution >= 4 is 23.3 Å². The van der Waals surface area contributed by atoms with Crippen molar-refractivity contribution in [2.75, 3.05) is 16.8 Å². The van der Waals surface area contributed by atoms with Gasteiger partial charge < -0.3 is 10.2 Å². The number of aromatic amines is 1. The van der Waals surface area contributed by atoms with Crippen LogP contribution in [0.3, 0.4) is 0 Å². The van der Waals surface area contributed by atoms with Crippen LogP contribution in [0.4, 0.5) is 11.5 Å². The molecule has 6 nitrogen and oxygen atoms in total. The molecular weight excluding hydrogens is 292 g/mol. The summed E-state index contributed by atoms with van der Waals surface area (Å²) in [6.45, 7) is 4.79. The number of carbonyl (C=O) groups is 2. The molecule has 2 aliphatic rings. The van der Waals surface area contributed by atoms with E-state index < -0.39 is 5.41 Å². The number of benzene rings is 1. The predicted molar refractivity (Wildman–Crippen MR) is 86.2 cm³/mol. The fraction of sp³-hybridized carbons (Fsp3) is 0.353. The van der Waals surface area contributed by atoms with Crippen LogP contribution < -0.4 is 10.2 Å². The fourth-order valence-electron chi connectivity index (χ4n) is 3.73. The Morgan fingerprint density at radius 2 is 2.04 bits per heavy atom. The Balaban J connectivity index is 1.97. The van der Waals surface area contributed by atoms with Gasteiger partial charge in [0.25, 0.3) is 0 Å². The zero-order valence-electron chi connectivity index (χ0n) is 13.1. The van der Waals surface area contributed by atoms with Crippen LogP contribution >= 0.6 is 0 Å². The lowest BCUT2D eigenvalue weighted by Gasteiger charge is -2.32. The lowest BCUT2D eigenvalue weighted by molar-refractivity contribution is -0.126. The Morgan fingerprint density at radius 1 is 1.26 bits per heavy atom. The summed E-state index contributed by atoms with van der Waals surface area (Å²) in [5.74, 6) is 0.653. The van der Waals surface area contributed by atoms with E-state index in [1.165, 1.54) is 0 Å². The van der Waals surface area contributed by atoms with Crippen LogP contribution in [0.1, 0.15) is 31.4 Å². The number of nitrogens with one attached hydrogen (secondary N) is 2. The largest absolute Gasteiger partial charge is 0.311 e. The summed E-state index contributed by atoms with van der Waals surface area (Å²) in [6, 6.07) is 7.75. The highest BCUT2D eigenvalue weighted by atomic mass is 16.2. The standard InChI is InChI=1S/C17H18N4O2/c1-10(2)9-21-13-6-4-3-5-11(13)17(16(21)23)7-14(22)19-15-12(17)8-18-20-15/h3-6,8,10H,7,9H2,1-2H3,(H2,18,19,20,22)/t17-/m0/s1. The van der Waals surface area contributed by atoms with Crippen molar-refractivity contribution in [2.24, 2.45) is 5.92 Å². The average Bonchev–Trinajstić information content (AvgIpc) is 3.06. The highest BCUT2D eigenvalue weighted by Crippen LogP contribution is 2.51. The number of H-pyrrole nitrogens is 1. The molecule has 0 saturated carbocycles. The van der Waals surface area contributed by atoms with Crippen molar-refractivity contribution in [2.45, 2.75) is 25.7 Å². The number of anilines is 2. The lowest BCUT2D eigenvalue weighted by atomic mass is 9.72. The number of aromatic nitrogens is 2. The molecular formula is C17H18N4O2. The average molecular weight is 310 g/mol. The molecule has 2 aromatic rings. The maximum Gasteiger partial charge on any atom is 0.242 e. The summed E-state index contributed by atoms with van der Waals surface area (Å²) >= 11 is 0. The molecule has 0 bridgehead atoms. The molecule has 1 atom stereocenters. The first-order chi connectivity index (χ1) is 11.0. The van der Waals surface area contributed by atoms with Crippen LogP contribution in [0.15, 0.2) is 30.5 Å². The van der Waals surface area contributed by atoms with Crippen molar-refractivity contribution < 1.29 is 9.59 Å². The van der Waals surface area contributed by atoms with E-state index in [-0.39, 0.29) is 18.2 Å². The molecule has 1 spiro atoms. The monoisotopic (exact) mass is 310 g/mol. The molecule has 1 aromatic carbocycles. The molecule has 1 aromatic heterocycles. The normalized spacial score (nSPS) is 22.5. The molecule has 4 rings (SSSR count). The van der Waals surface area contributed by atoms with Gasteiger partial charge in [0, 0.05) is 24.2 Å². The minimum Gasteiger partial charge on any atom is -0.311 e. The molecule has 2 N–H and O–H groups in total. The van der Waals surface area contributed by atoms with E-state index in [9.17, 15) is 9.59 Å². The van der Waals surface area contributed by atoms with Gasteiger partial charge in [-0.25, -0.2) is 0 Å². The van der Waals surface area contributed by atoms with Crippen LogP contribution in [-0.4, -0.2) is 28.6 Å². The van der Waals surface area contributed by atoms with Crippen LogP contribution in [0.2, 0.25) is 0 Å². The molecule has 23 heavy (non-hydrogen) atoms. The Hall–Kier alpha value is -2.63. The Kier molecular flexibility index (Phi) is 2.85. The quantitative estimate of drug-likeness (QED) is 0.891. The highest BCUT2D eigenvalue weighted by molar-refractivity contribution is 6.15. The second kappa shape index (κ2) is 4.68. The van der Waals surface area contributed by atoms with E-state index in [0.717, 1.165) is 16.8 Å². The van der Waals surface area contributed by atoms with Crippen LogP contribution in [0.25, 0.3) is 0 Å². The van der Waals surface area contributed by atoms with Gasteiger partial charge in [0.15, 0.2) is 0 Å². The Labute approximate surface area is 133 Å². The molecule has 2 aliphatic heterocycles. The van der Waals surface area contributed by atoms with Gasteiger partial charge in [0.2, 0.25) is 11.8 Å². The van der Waals surface area contributed by atoms with Crippen molar-refractivity contribution in [1.29, 1.82) is 0 Å². The number of nitrogens with zero attached hydrogens (tertiary/aromatic N) is 2. The molecule has 0 fully saturated rings. The van der Waals surface area contributed by atoms with E-state index in [2.05, 4.69) is 29.4 Å². The van der Waals surface area contributed by atoms with E-state index in [4.69, 9.17) is 0 Å². The Morgan fingerprint density at radius 3 is 2.83 bits per heavy atom. The van der Waals surface area contributed by atoms with E-state index in [1.807, 2.05) is 29.2 Å². The number of hydrogen-bond acceptors (Lipinski definition) is 3. The van der Waals surface area contributed by atoms with Gasteiger partial charge in [0.05, 0.1) is 6.20 Å². The summed E-state index contributed by atoms with van der Waals surface area (Å²) in [7, 11) is 0. The van der Waals surface area contributed by atoms with Gasteiger partial charge in [-0.05, 0) is 17.5 Å². The number of carbonyl (C=O) groups excluding carboxylic acids is 2. The van der Waals surface area contributed by atoms with E-state index in [0.29, 0.717) is 18.3 Å². The summed E-state index contributed by atoms with van der Waals surface area (Å²) in [6.07, 6.45) is 1.77. The zero-order valence-corrected chi connectivity index (χ0v) is 13.1. The molecule has 6 heteroatoms. The van der Waals surface area contributed by atoms with Gasteiger partial charge in [-0.15, -0.1) is 0 Å². The van der Waals surface area contributed by atoms with Gasteiger partial charge in [-0.2, -0.15) is 5.10 Å². The first-order valence-corrected chi connectivity index (χ1v) is 7.79. The highest BCUT2D eigenvalue weighted by Gasteiger charge is 2.56. The lowest BCUT2D eigenvalue weighted by Crippen LogP contribution is -2.47. The molecule has 0 unspecified atom stereocenters. The third kappa shape index (κ3) is 1.78.